The molecule has 0 radical (unpaired) electrons. The molecule has 8 heteroatoms. The van der Waals surface area contributed by atoms with Gasteiger partial charge in [0.25, 0.3) is 5.91 Å². The first-order chi connectivity index (χ1) is 15.1. The van der Waals surface area contributed by atoms with Crippen LogP contribution in [-0.2, 0) is 14.3 Å². The number of piperidine rings is 1. The quantitative estimate of drug-likeness (QED) is 0.618. The van der Waals surface area contributed by atoms with Gasteiger partial charge in [0.1, 0.15) is 5.82 Å². The van der Waals surface area contributed by atoms with Gasteiger partial charge < -0.3 is 15.0 Å². The molecule has 2 amide bonds. The molecular weight excluding hydrogens is 413 g/mol. The van der Waals surface area contributed by atoms with E-state index in [0.29, 0.717) is 32.5 Å². The fourth-order valence-corrected chi connectivity index (χ4v) is 4.15. The Hall–Kier alpha value is -2.95. The number of carbonyl (C=O) groups excluding carboxylic acids is 3. The molecule has 1 fully saturated rings. The summed E-state index contributed by atoms with van der Waals surface area (Å²) in [5.74, 6) is -1.49. The van der Waals surface area contributed by atoms with Crippen LogP contribution in [0.2, 0.25) is 0 Å². The second kappa shape index (κ2) is 11.1. The van der Waals surface area contributed by atoms with Crippen LogP contribution in [0.3, 0.4) is 0 Å². The fourth-order valence-electron chi connectivity index (χ4n) is 4.15. The minimum atomic E-state index is -0.901. The zero-order valence-electron chi connectivity index (χ0n) is 19.2. The molecule has 0 spiro atoms. The third kappa shape index (κ3) is 6.06. The first-order valence-corrected chi connectivity index (χ1v) is 11.1. The molecule has 7 nitrogen and oxygen atoms in total. The van der Waals surface area contributed by atoms with Crippen LogP contribution < -0.4 is 5.32 Å². The van der Waals surface area contributed by atoms with Crippen molar-refractivity contribution < 1.29 is 23.5 Å². The molecule has 1 aromatic rings. The molecule has 174 valence electrons. The van der Waals surface area contributed by atoms with Gasteiger partial charge in [0.2, 0.25) is 5.91 Å². The van der Waals surface area contributed by atoms with Crippen molar-refractivity contribution >= 4 is 17.8 Å². The predicted octanol–water partition coefficient (Wildman–Crippen LogP) is 3.42. The zero-order valence-corrected chi connectivity index (χ0v) is 19.2. The Balaban J connectivity index is 2.02. The SMILES string of the molecule is CCOC(=O)CC1CCN(C(=O)C(C)(C)C(CC)NC(=O)c2ccc(C#N)cc2F)CC1. The van der Waals surface area contributed by atoms with E-state index in [-0.39, 0.29) is 28.9 Å². The van der Waals surface area contributed by atoms with E-state index >= 15 is 0 Å². The Labute approximate surface area is 188 Å². The van der Waals surface area contributed by atoms with E-state index in [2.05, 4.69) is 5.32 Å². The number of ether oxygens (including phenoxy) is 1. The lowest BCUT2D eigenvalue weighted by Gasteiger charge is -2.40. The van der Waals surface area contributed by atoms with Crippen molar-refractivity contribution in [1.29, 1.82) is 5.26 Å². The summed E-state index contributed by atoms with van der Waals surface area (Å²) in [7, 11) is 0. The van der Waals surface area contributed by atoms with Crippen molar-refractivity contribution in [2.24, 2.45) is 11.3 Å². The van der Waals surface area contributed by atoms with E-state index in [1.165, 1.54) is 12.1 Å². The summed E-state index contributed by atoms with van der Waals surface area (Å²) in [6.45, 7) is 8.65. The number of hydrogen-bond donors (Lipinski definition) is 1. The molecule has 1 heterocycles. The molecule has 1 saturated heterocycles. The average Bonchev–Trinajstić information content (AvgIpc) is 2.77. The highest BCUT2D eigenvalue weighted by atomic mass is 19.1. The van der Waals surface area contributed by atoms with E-state index in [1.54, 1.807) is 25.7 Å². The van der Waals surface area contributed by atoms with Gasteiger partial charge >= 0.3 is 5.97 Å². The number of halogens is 1. The number of amides is 2. The standard InChI is InChI=1S/C24H32FN3O4/c1-5-20(27-22(30)18-8-7-17(15-26)13-19(18)25)24(3,4)23(31)28-11-9-16(10-12-28)14-21(29)32-6-2/h7-8,13,16,20H,5-6,9-12,14H2,1-4H3,(H,27,30). The molecule has 1 atom stereocenters. The van der Waals surface area contributed by atoms with Crippen LogP contribution >= 0.6 is 0 Å². The maximum atomic E-state index is 14.2. The molecule has 0 bridgehead atoms. The number of nitriles is 1. The van der Waals surface area contributed by atoms with Gasteiger partial charge in [0.15, 0.2) is 0 Å². The van der Waals surface area contributed by atoms with Gasteiger partial charge in [-0.3, -0.25) is 14.4 Å². The maximum Gasteiger partial charge on any atom is 0.306 e. The van der Waals surface area contributed by atoms with Gasteiger partial charge in [-0.2, -0.15) is 5.26 Å². The summed E-state index contributed by atoms with van der Waals surface area (Å²) in [6, 6.07) is 5.01. The van der Waals surface area contributed by atoms with Gasteiger partial charge in [0.05, 0.1) is 29.2 Å². The molecule has 32 heavy (non-hydrogen) atoms. The van der Waals surface area contributed by atoms with Gasteiger partial charge in [0, 0.05) is 25.6 Å². The van der Waals surface area contributed by atoms with Crippen LogP contribution in [0.5, 0.6) is 0 Å². The van der Waals surface area contributed by atoms with Gasteiger partial charge in [-0.05, 0) is 64.2 Å². The topological polar surface area (TPSA) is 99.5 Å². The molecule has 1 unspecified atom stereocenters. The van der Waals surface area contributed by atoms with E-state index in [0.717, 1.165) is 18.9 Å². The Morgan fingerprint density at radius 2 is 1.94 bits per heavy atom. The van der Waals surface area contributed by atoms with E-state index in [9.17, 15) is 18.8 Å². The van der Waals surface area contributed by atoms with Crippen LogP contribution in [0, 0.1) is 28.5 Å². The largest absolute Gasteiger partial charge is 0.466 e. The number of benzene rings is 1. The molecule has 0 aromatic heterocycles. The molecule has 1 aliphatic rings. The fraction of sp³-hybridized carbons (Fsp3) is 0.583. The van der Waals surface area contributed by atoms with Crippen molar-refractivity contribution in [3.63, 3.8) is 0 Å². The Morgan fingerprint density at radius 3 is 2.47 bits per heavy atom. The van der Waals surface area contributed by atoms with Gasteiger partial charge in [-0.15, -0.1) is 0 Å². The summed E-state index contributed by atoms with van der Waals surface area (Å²) >= 11 is 0. The Morgan fingerprint density at radius 1 is 1.28 bits per heavy atom. The van der Waals surface area contributed by atoms with Crippen molar-refractivity contribution in [2.45, 2.75) is 59.4 Å². The normalized spacial score (nSPS) is 15.6. The lowest BCUT2D eigenvalue weighted by molar-refractivity contribution is -0.145. The summed E-state index contributed by atoms with van der Waals surface area (Å²) in [4.78, 5) is 39.5. The number of esters is 1. The number of nitrogens with one attached hydrogen (secondary N) is 1. The monoisotopic (exact) mass is 445 g/mol. The lowest BCUT2D eigenvalue weighted by Crippen LogP contribution is -2.54. The molecule has 0 saturated carbocycles. The van der Waals surface area contributed by atoms with Crippen molar-refractivity contribution in [1.82, 2.24) is 10.2 Å². The van der Waals surface area contributed by atoms with Gasteiger partial charge in [-0.1, -0.05) is 6.92 Å². The molecule has 1 aromatic carbocycles. The third-order valence-electron chi connectivity index (χ3n) is 6.14. The van der Waals surface area contributed by atoms with Crippen LogP contribution in [-0.4, -0.2) is 48.4 Å². The van der Waals surface area contributed by atoms with Crippen LogP contribution in [0.1, 0.15) is 69.3 Å². The third-order valence-corrected chi connectivity index (χ3v) is 6.14. The van der Waals surface area contributed by atoms with Crippen LogP contribution in [0.15, 0.2) is 18.2 Å². The molecule has 1 aliphatic heterocycles. The second-order valence-corrected chi connectivity index (χ2v) is 8.71. The number of nitrogens with zero attached hydrogens (tertiary/aromatic N) is 2. The predicted molar refractivity (Wildman–Crippen MR) is 117 cm³/mol. The number of rotatable bonds is 8. The van der Waals surface area contributed by atoms with Crippen LogP contribution in [0.25, 0.3) is 0 Å². The maximum absolute atomic E-state index is 14.2. The lowest BCUT2D eigenvalue weighted by atomic mass is 9.80. The second-order valence-electron chi connectivity index (χ2n) is 8.71. The van der Waals surface area contributed by atoms with Crippen molar-refractivity contribution in [3.05, 3.63) is 35.1 Å². The molecular formula is C24H32FN3O4. The van der Waals surface area contributed by atoms with E-state index in [4.69, 9.17) is 10.00 Å². The number of likely N-dealkylation sites (tertiary alicyclic amines) is 1. The first kappa shape index (κ1) is 25.3. The minimum Gasteiger partial charge on any atom is -0.466 e. The summed E-state index contributed by atoms with van der Waals surface area (Å²) in [5, 5.41) is 11.7. The summed E-state index contributed by atoms with van der Waals surface area (Å²) in [5.41, 5.74) is -0.931. The van der Waals surface area contributed by atoms with E-state index < -0.39 is 23.2 Å². The summed E-state index contributed by atoms with van der Waals surface area (Å²) < 4.78 is 19.3. The first-order valence-electron chi connectivity index (χ1n) is 11.1. The highest BCUT2D eigenvalue weighted by Gasteiger charge is 2.40. The average molecular weight is 446 g/mol. The highest BCUT2D eigenvalue weighted by Crippen LogP contribution is 2.30. The Kier molecular flexibility index (Phi) is 8.76. The van der Waals surface area contributed by atoms with Gasteiger partial charge in [-0.25, -0.2) is 4.39 Å². The smallest absolute Gasteiger partial charge is 0.306 e. The molecule has 2 rings (SSSR count). The summed E-state index contributed by atoms with van der Waals surface area (Å²) in [6.07, 6.45) is 2.30. The minimum absolute atomic E-state index is 0.0838. The van der Waals surface area contributed by atoms with Crippen molar-refractivity contribution in [3.8, 4) is 6.07 Å². The number of carbonyl (C=O) groups is 3. The van der Waals surface area contributed by atoms with Crippen LogP contribution in [0.4, 0.5) is 4.39 Å². The zero-order chi connectivity index (χ0) is 23.9. The highest BCUT2D eigenvalue weighted by molar-refractivity contribution is 5.95. The number of hydrogen-bond acceptors (Lipinski definition) is 5. The Bertz CT molecular complexity index is 886. The van der Waals surface area contributed by atoms with E-state index in [1.807, 2.05) is 13.0 Å². The molecule has 1 N–H and O–H groups in total. The molecule has 0 aliphatic carbocycles. The van der Waals surface area contributed by atoms with Crippen molar-refractivity contribution in [2.75, 3.05) is 19.7 Å².